The van der Waals surface area contributed by atoms with Crippen molar-refractivity contribution < 1.29 is 43.5 Å². The summed E-state index contributed by atoms with van der Waals surface area (Å²) in [6.07, 6.45) is 0.622. The van der Waals surface area contributed by atoms with E-state index < -0.39 is 95.9 Å². The number of thiol groups is 2. The Morgan fingerprint density at radius 1 is 0.740 bits per heavy atom. The first-order chi connectivity index (χ1) is 23.5. The normalized spacial score (nSPS) is 14.6. The fraction of sp³-hybridized carbons (Fsp3) is 0.484. The van der Waals surface area contributed by atoms with E-state index in [-0.39, 0.29) is 17.9 Å². The Morgan fingerprint density at radius 3 is 1.86 bits per heavy atom. The Labute approximate surface area is 299 Å². The smallest absolute Gasteiger partial charge is 0.305 e. The second-order valence-electron chi connectivity index (χ2n) is 11.8. The lowest BCUT2D eigenvalue weighted by Gasteiger charge is -2.27. The summed E-state index contributed by atoms with van der Waals surface area (Å²) < 4.78 is 0. The second kappa shape index (κ2) is 19.4. The number of para-hydroxylation sites is 1. The minimum absolute atomic E-state index is 0.0794. The highest BCUT2D eigenvalue weighted by atomic mass is 32.1. The maximum absolute atomic E-state index is 13.8. The number of carbonyl (C=O) groups is 8. The lowest BCUT2D eigenvalue weighted by Crippen LogP contribution is -2.60. The highest BCUT2D eigenvalue weighted by molar-refractivity contribution is 7.80. The molecule has 2 rings (SSSR count). The summed E-state index contributed by atoms with van der Waals surface area (Å²) in [7, 11) is 0. The van der Waals surface area contributed by atoms with Gasteiger partial charge in [0.2, 0.25) is 41.4 Å². The van der Waals surface area contributed by atoms with Gasteiger partial charge >= 0.3 is 5.97 Å². The third-order valence-corrected chi connectivity index (χ3v) is 8.19. The number of fused-ring (bicyclic) bond motifs is 1. The Kier molecular flexibility index (Phi) is 16.1. The van der Waals surface area contributed by atoms with Gasteiger partial charge in [0, 0.05) is 42.0 Å². The van der Waals surface area contributed by atoms with Crippen LogP contribution in [0.25, 0.3) is 10.9 Å². The number of aromatic nitrogens is 1. The minimum Gasteiger partial charge on any atom is -0.481 e. The van der Waals surface area contributed by atoms with Gasteiger partial charge in [0.25, 0.3) is 0 Å². The minimum atomic E-state index is -1.70. The van der Waals surface area contributed by atoms with E-state index in [2.05, 4.69) is 62.1 Å². The summed E-state index contributed by atoms with van der Waals surface area (Å²) in [6.45, 7) is 5.77. The summed E-state index contributed by atoms with van der Waals surface area (Å²) in [5.41, 5.74) is 6.66. The number of nitrogens with two attached hydrogens (primary N) is 1. The van der Waals surface area contributed by atoms with Crippen LogP contribution in [0.15, 0.2) is 30.5 Å². The van der Waals surface area contributed by atoms with E-state index in [0.29, 0.717) is 5.56 Å². The average Bonchev–Trinajstić information content (AvgIpc) is 3.45. The molecule has 0 saturated heterocycles. The molecule has 0 bridgehead atoms. The van der Waals surface area contributed by atoms with Gasteiger partial charge in [0.05, 0.1) is 6.42 Å². The van der Waals surface area contributed by atoms with Gasteiger partial charge in [-0.15, -0.1) is 0 Å². The molecule has 2 aromatic rings. The maximum atomic E-state index is 13.8. The van der Waals surface area contributed by atoms with Gasteiger partial charge in [-0.05, 0) is 24.5 Å². The van der Waals surface area contributed by atoms with Crippen molar-refractivity contribution in [1.29, 1.82) is 0 Å². The molecule has 274 valence electrons. The summed E-state index contributed by atoms with van der Waals surface area (Å²) >= 11 is 8.04. The highest BCUT2D eigenvalue weighted by Gasteiger charge is 2.34. The Bertz CT molecular complexity index is 1580. The standard InChI is InChI=1S/C31H44N8O9S2/c1-14(2)25(31(48)38-22(12-49)26(32)43)39-29(46)20(9-17-11-33-19-8-6-5-7-18(17)19)37-28(45)21(10-24(41)42)36-27(44)15(3)34-30(47)23(13-50)35-16(4)40/h5-8,11,14-15,20-23,25,33,49-50H,9-10,12-13H2,1-4H3,(H2,32,43)(H,34,47)(H,35,40)(H,36,44)(H,37,45)(H,38,48)(H,39,46)(H,41,42)/t15-,20-,21-,22-,23-,25-/m0/s1. The van der Waals surface area contributed by atoms with Gasteiger partial charge in [0.15, 0.2) is 0 Å². The summed E-state index contributed by atoms with van der Waals surface area (Å²) in [5, 5.41) is 24.9. The van der Waals surface area contributed by atoms with Crippen molar-refractivity contribution in [3.05, 3.63) is 36.0 Å². The van der Waals surface area contributed by atoms with Crippen LogP contribution in [0.4, 0.5) is 0 Å². The molecule has 0 fully saturated rings. The van der Waals surface area contributed by atoms with Crippen LogP contribution in [0, 0.1) is 5.92 Å². The number of hydrogen-bond donors (Lipinski definition) is 11. The van der Waals surface area contributed by atoms with Gasteiger partial charge < -0.3 is 47.7 Å². The number of benzene rings is 1. The molecule has 19 heteroatoms. The monoisotopic (exact) mass is 736 g/mol. The molecule has 0 unspecified atom stereocenters. The van der Waals surface area contributed by atoms with Crippen molar-refractivity contribution in [3.8, 4) is 0 Å². The number of hydrogen-bond acceptors (Lipinski definition) is 10. The number of aromatic amines is 1. The van der Waals surface area contributed by atoms with Crippen molar-refractivity contribution in [1.82, 2.24) is 36.9 Å². The van der Waals surface area contributed by atoms with Crippen molar-refractivity contribution in [2.45, 2.75) is 76.8 Å². The SMILES string of the molecule is CC(=O)N[C@@H](CS)C(=O)N[C@@H](C)C(=O)N[C@@H](CC(=O)O)C(=O)N[C@@H](Cc1c[nH]c2ccccc12)C(=O)N[C@H](C(=O)N[C@@H](CS)C(N)=O)C(C)C. The molecule has 17 nitrogen and oxygen atoms in total. The third kappa shape index (κ3) is 12.3. The molecule has 1 heterocycles. The Morgan fingerprint density at radius 2 is 1.30 bits per heavy atom. The molecular weight excluding hydrogens is 693 g/mol. The van der Waals surface area contributed by atoms with Crippen LogP contribution in [-0.2, 0) is 44.8 Å². The molecule has 7 amide bonds. The number of H-pyrrole nitrogens is 1. The van der Waals surface area contributed by atoms with E-state index in [1.807, 2.05) is 0 Å². The van der Waals surface area contributed by atoms with Crippen molar-refractivity contribution in [3.63, 3.8) is 0 Å². The fourth-order valence-electron chi connectivity index (χ4n) is 4.76. The first-order valence-corrected chi connectivity index (χ1v) is 16.8. The van der Waals surface area contributed by atoms with Crippen molar-refractivity contribution in [2.24, 2.45) is 11.7 Å². The zero-order valence-electron chi connectivity index (χ0n) is 27.9. The summed E-state index contributed by atoms with van der Waals surface area (Å²) in [6, 6.07) is -0.592. The molecule has 1 aromatic carbocycles. The van der Waals surface area contributed by atoms with Gasteiger partial charge in [-0.3, -0.25) is 38.4 Å². The molecule has 0 aliphatic carbocycles. The largest absolute Gasteiger partial charge is 0.481 e. The van der Waals surface area contributed by atoms with Gasteiger partial charge in [-0.25, -0.2) is 0 Å². The van der Waals surface area contributed by atoms with Crippen LogP contribution >= 0.6 is 25.3 Å². The van der Waals surface area contributed by atoms with E-state index in [1.54, 1.807) is 44.3 Å². The number of carboxylic acids is 1. The predicted octanol–water partition coefficient (Wildman–Crippen LogP) is -1.87. The van der Waals surface area contributed by atoms with Crippen LogP contribution in [0.1, 0.15) is 39.7 Å². The van der Waals surface area contributed by atoms with Crippen LogP contribution in [-0.4, -0.2) is 105 Å². The van der Waals surface area contributed by atoms with E-state index in [1.165, 1.54) is 13.8 Å². The zero-order chi connectivity index (χ0) is 37.7. The lowest BCUT2D eigenvalue weighted by atomic mass is 10.00. The molecule has 6 atom stereocenters. The van der Waals surface area contributed by atoms with Crippen LogP contribution in [0.3, 0.4) is 0 Å². The van der Waals surface area contributed by atoms with Crippen molar-refractivity contribution in [2.75, 3.05) is 11.5 Å². The average molecular weight is 737 g/mol. The molecule has 10 N–H and O–H groups in total. The topological polar surface area (TPSA) is 271 Å². The number of carboxylic acid groups (broad SMARTS) is 1. The fourth-order valence-corrected chi connectivity index (χ4v) is 5.29. The van der Waals surface area contributed by atoms with Crippen LogP contribution < -0.4 is 37.6 Å². The first-order valence-electron chi connectivity index (χ1n) is 15.6. The number of amides is 7. The van der Waals surface area contributed by atoms with Gasteiger partial charge in [-0.2, -0.15) is 25.3 Å². The van der Waals surface area contributed by atoms with Gasteiger partial charge in [0.1, 0.15) is 36.3 Å². The number of primary amides is 1. The second-order valence-corrected chi connectivity index (χ2v) is 12.6. The molecule has 1 aromatic heterocycles. The molecule has 0 saturated carbocycles. The third-order valence-electron chi connectivity index (χ3n) is 7.46. The molecule has 0 aliphatic heterocycles. The van der Waals surface area contributed by atoms with E-state index in [9.17, 15) is 43.5 Å². The zero-order valence-corrected chi connectivity index (χ0v) is 29.7. The lowest BCUT2D eigenvalue weighted by molar-refractivity contribution is -0.141. The molecular formula is C31H44N8O9S2. The van der Waals surface area contributed by atoms with E-state index in [0.717, 1.165) is 10.9 Å². The number of rotatable bonds is 19. The molecule has 0 aliphatic rings. The quantitative estimate of drug-likeness (QED) is 0.0721. The predicted molar refractivity (Wildman–Crippen MR) is 189 cm³/mol. The molecule has 50 heavy (non-hydrogen) atoms. The van der Waals surface area contributed by atoms with E-state index >= 15 is 0 Å². The highest BCUT2D eigenvalue weighted by Crippen LogP contribution is 2.19. The summed E-state index contributed by atoms with van der Waals surface area (Å²) in [4.78, 5) is 104. The molecule has 0 radical (unpaired) electrons. The van der Waals surface area contributed by atoms with Crippen LogP contribution in [0.5, 0.6) is 0 Å². The summed E-state index contributed by atoms with van der Waals surface area (Å²) in [5.74, 6) is -7.73. The van der Waals surface area contributed by atoms with Crippen molar-refractivity contribution >= 4 is 83.5 Å². The Balaban J connectivity index is 2.36. The maximum Gasteiger partial charge on any atom is 0.305 e. The Hall–Kier alpha value is -4.78. The van der Waals surface area contributed by atoms with E-state index in [4.69, 9.17) is 5.73 Å². The number of carbonyl (C=O) groups excluding carboxylic acids is 7. The van der Waals surface area contributed by atoms with Gasteiger partial charge in [-0.1, -0.05) is 32.0 Å². The first kappa shape index (κ1) is 41.4. The number of nitrogens with one attached hydrogen (secondary N) is 7. The number of aliphatic carboxylic acids is 1. The van der Waals surface area contributed by atoms with Crippen LogP contribution in [0.2, 0.25) is 0 Å². The molecule has 0 spiro atoms.